The van der Waals surface area contributed by atoms with E-state index in [0.29, 0.717) is 24.7 Å². The van der Waals surface area contributed by atoms with E-state index < -0.39 is 0 Å². The van der Waals surface area contributed by atoms with Crippen LogP contribution in [0.1, 0.15) is 31.1 Å². The van der Waals surface area contributed by atoms with Gasteiger partial charge in [-0.15, -0.1) is 11.3 Å². The van der Waals surface area contributed by atoms with Gasteiger partial charge >= 0.3 is 0 Å². The number of carbonyl (C=O) groups is 1. The zero-order valence-electron chi connectivity index (χ0n) is 10.6. The second kappa shape index (κ2) is 7.62. The Bertz CT molecular complexity index is 407. The largest absolute Gasteiger partial charge is 0.380 e. The van der Waals surface area contributed by atoms with Crippen molar-refractivity contribution < 1.29 is 9.53 Å². The van der Waals surface area contributed by atoms with Crippen LogP contribution in [0.3, 0.4) is 0 Å². The molecule has 0 spiro atoms. The Hall–Kier alpha value is 0.0900. The van der Waals surface area contributed by atoms with Crippen LogP contribution in [0.25, 0.3) is 0 Å². The Balaban J connectivity index is 2.69. The lowest BCUT2D eigenvalue weighted by Gasteiger charge is -2.22. The summed E-state index contributed by atoms with van der Waals surface area (Å²) in [5.41, 5.74) is 0.661. The fourth-order valence-corrected chi connectivity index (χ4v) is 4.18. The number of halogens is 2. The maximum Gasteiger partial charge on any atom is 0.253 e. The lowest BCUT2D eigenvalue weighted by atomic mass is 10.1. The molecule has 0 saturated carbocycles. The van der Waals surface area contributed by atoms with Crippen molar-refractivity contribution in [3.8, 4) is 0 Å². The first kappa shape index (κ1) is 16.1. The highest BCUT2D eigenvalue weighted by Gasteiger charge is 2.20. The minimum atomic E-state index is -0.0674. The van der Waals surface area contributed by atoms with E-state index in [0.717, 1.165) is 7.57 Å². The number of rotatable bonds is 6. The van der Waals surface area contributed by atoms with E-state index in [1.807, 2.05) is 13.0 Å². The average Bonchev–Trinajstić information content (AvgIpc) is 2.63. The van der Waals surface area contributed by atoms with Crippen LogP contribution in [0.4, 0.5) is 0 Å². The van der Waals surface area contributed by atoms with E-state index in [9.17, 15) is 4.79 Å². The van der Waals surface area contributed by atoms with Crippen molar-refractivity contribution in [3.05, 3.63) is 19.2 Å². The van der Waals surface area contributed by atoms with Crippen molar-refractivity contribution in [1.29, 1.82) is 0 Å². The number of hydrogen-bond donors (Lipinski definition) is 1. The van der Waals surface area contributed by atoms with Crippen molar-refractivity contribution in [2.24, 2.45) is 5.92 Å². The molecule has 1 rings (SSSR count). The standard InChI is InChI=1S/C12H17Br2NO2S/c1-4-17-6-9(7(2)3)15-12(16)8-5-10(13)18-11(8)14/h5,7,9H,4,6H2,1-3H3,(H,15,16). The van der Waals surface area contributed by atoms with E-state index in [2.05, 4.69) is 51.0 Å². The van der Waals surface area contributed by atoms with Gasteiger partial charge in [-0.1, -0.05) is 13.8 Å². The zero-order chi connectivity index (χ0) is 13.7. The normalized spacial score (nSPS) is 12.8. The van der Waals surface area contributed by atoms with Gasteiger partial charge in [0.25, 0.3) is 5.91 Å². The monoisotopic (exact) mass is 397 g/mol. The molecular formula is C12H17Br2NO2S. The molecule has 0 aliphatic carbocycles. The highest BCUT2D eigenvalue weighted by atomic mass is 79.9. The molecule has 1 atom stereocenters. The van der Waals surface area contributed by atoms with Crippen LogP contribution >= 0.6 is 43.2 Å². The molecule has 1 aromatic heterocycles. The predicted octanol–water partition coefficient (Wildman–Crippen LogP) is 4.06. The summed E-state index contributed by atoms with van der Waals surface area (Å²) in [6.45, 7) is 7.30. The van der Waals surface area contributed by atoms with Crippen LogP contribution in [-0.2, 0) is 4.74 Å². The van der Waals surface area contributed by atoms with E-state index in [4.69, 9.17) is 4.74 Å². The predicted molar refractivity (Wildman–Crippen MR) is 82.3 cm³/mol. The molecule has 0 bridgehead atoms. The van der Waals surface area contributed by atoms with Crippen LogP contribution in [0.2, 0.25) is 0 Å². The molecule has 6 heteroatoms. The average molecular weight is 399 g/mol. The van der Waals surface area contributed by atoms with Crippen LogP contribution in [0, 0.1) is 5.92 Å². The van der Waals surface area contributed by atoms with Gasteiger partial charge in [0.05, 0.1) is 25.8 Å². The van der Waals surface area contributed by atoms with Crippen molar-refractivity contribution in [1.82, 2.24) is 5.32 Å². The first-order valence-electron chi connectivity index (χ1n) is 5.79. The first-order valence-corrected chi connectivity index (χ1v) is 8.19. The van der Waals surface area contributed by atoms with Crippen LogP contribution in [0.5, 0.6) is 0 Å². The van der Waals surface area contributed by atoms with Crippen LogP contribution < -0.4 is 5.32 Å². The molecule has 0 saturated heterocycles. The molecule has 0 aromatic carbocycles. The van der Waals surface area contributed by atoms with Crippen LogP contribution in [0.15, 0.2) is 13.6 Å². The quantitative estimate of drug-likeness (QED) is 0.784. The summed E-state index contributed by atoms with van der Waals surface area (Å²) in [6.07, 6.45) is 0. The molecule has 1 aromatic rings. The van der Waals surface area contributed by atoms with E-state index in [1.165, 1.54) is 11.3 Å². The highest BCUT2D eigenvalue weighted by molar-refractivity contribution is 9.12. The molecule has 1 unspecified atom stereocenters. The summed E-state index contributed by atoms with van der Waals surface area (Å²) in [7, 11) is 0. The minimum Gasteiger partial charge on any atom is -0.380 e. The summed E-state index contributed by atoms with van der Waals surface area (Å²) in [5.74, 6) is 0.267. The lowest BCUT2D eigenvalue weighted by molar-refractivity contribution is 0.0806. The van der Waals surface area contributed by atoms with Crippen molar-refractivity contribution in [2.45, 2.75) is 26.8 Å². The molecule has 102 valence electrons. The smallest absolute Gasteiger partial charge is 0.253 e. The van der Waals surface area contributed by atoms with Crippen molar-refractivity contribution in [2.75, 3.05) is 13.2 Å². The SMILES string of the molecule is CCOCC(NC(=O)c1cc(Br)sc1Br)C(C)C. The van der Waals surface area contributed by atoms with E-state index in [-0.39, 0.29) is 11.9 Å². The van der Waals surface area contributed by atoms with Gasteiger partial charge in [0.1, 0.15) is 0 Å². The minimum absolute atomic E-state index is 0.0306. The Morgan fingerprint density at radius 2 is 2.17 bits per heavy atom. The highest BCUT2D eigenvalue weighted by Crippen LogP contribution is 2.31. The van der Waals surface area contributed by atoms with Gasteiger partial charge < -0.3 is 10.1 Å². The van der Waals surface area contributed by atoms with Crippen molar-refractivity contribution >= 4 is 49.1 Å². The lowest BCUT2D eigenvalue weighted by Crippen LogP contribution is -2.41. The second-order valence-electron chi connectivity index (χ2n) is 4.22. The summed E-state index contributed by atoms with van der Waals surface area (Å²) in [4.78, 5) is 12.1. The Morgan fingerprint density at radius 3 is 2.61 bits per heavy atom. The number of hydrogen-bond acceptors (Lipinski definition) is 3. The van der Waals surface area contributed by atoms with Gasteiger partial charge in [-0.3, -0.25) is 4.79 Å². The number of carbonyl (C=O) groups excluding carboxylic acids is 1. The van der Waals surface area contributed by atoms with Gasteiger partial charge in [-0.05, 0) is 50.8 Å². The number of thiophene rings is 1. The Morgan fingerprint density at radius 1 is 1.50 bits per heavy atom. The maximum atomic E-state index is 12.1. The number of ether oxygens (including phenoxy) is 1. The zero-order valence-corrected chi connectivity index (χ0v) is 14.6. The molecule has 18 heavy (non-hydrogen) atoms. The first-order chi connectivity index (χ1) is 8.45. The third kappa shape index (κ3) is 4.64. The van der Waals surface area contributed by atoms with Gasteiger partial charge in [-0.25, -0.2) is 0 Å². The topological polar surface area (TPSA) is 38.3 Å². The number of amides is 1. The van der Waals surface area contributed by atoms with Gasteiger partial charge in [0, 0.05) is 6.61 Å². The van der Waals surface area contributed by atoms with E-state index >= 15 is 0 Å². The second-order valence-corrected chi connectivity index (χ2v) is 7.97. The van der Waals surface area contributed by atoms with Crippen LogP contribution in [-0.4, -0.2) is 25.2 Å². The summed E-state index contributed by atoms with van der Waals surface area (Å²) >= 11 is 8.26. The molecule has 1 amide bonds. The van der Waals surface area contributed by atoms with Gasteiger partial charge in [0.15, 0.2) is 0 Å². The molecule has 1 N–H and O–H groups in total. The molecule has 1 heterocycles. The molecule has 3 nitrogen and oxygen atoms in total. The molecule has 0 fully saturated rings. The summed E-state index contributed by atoms with van der Waals surface area (Å²) in [6, 6.07) is 1.85. The van der Waals surface area contributed by atoms with Gasteiger partial charge in [-0.2, -0.15) is 0 Å². The third-order valence-electron chi connectivity index (χ3n) is 2.52. The molecule has 0 aliphatic rings. The van der Waals surface area contributed by atoms with Gasteiger partial charge in [0.2, 0.25) is 0 Å². The van der Waals surface area contributed by atoms with E-state index in [1.54, 1.807) is 0 Å². The molecular weight excluding hydrogens is 382 g/mol. The fraction of sp³-hybridized carbons (Fsp3) is 0.583. The maximum absolute atomic E-state index is 12.1. The summed E-state index contributed by atoms with van der Waals surface area (Å²) < 4.78 is 7.17. The Kier molecular flexibility index (Phi) is 6.84. The van der Waals surface area contributed by atoms with Crippen molar-refractivity contribution in [3.63, 3.8) is 0 Å². The number of nitrogens with one attached hydrogen (secondary N) is 1. The Labute approximate surface area is 129 Å². The third-order valence-corrected chi connectivity index (χ3v) is 4.86. The molecule has 0 aliphatic heterocycles. The summed E-state index contributed by atoms with van der Waals surface area (Å²) in [5, 5.41) is 3.01. The fourth-order valence-electron chi connectivity index (χ4n) is 1.39. The molecule has 0 radical (unpaired) electrons.